The van der Waals surface area contributed by atoms with Crippen molar-refractivity contribution in [1.82, 2.24) is 0 Å². The highest BCUT2D eigenvalue weighted by Crippen LogP contribution is 2.36. The van der Waals surface area contributed by atoms with Gasteiger partial charge in [0.15, 0.2) is 6.10 Å². The molecule has 16 heteroatoms. The van der Waals surface area contributed by atoms with Crippen molar-refractivity contribution in [3.63, 3.8) is 0 Å². The van der Waals surface area contributed by atoms with Crippen LogP contribution in [-0.4, -0.2) is 60.4 Å². The smallest absolute Gasteiger partial charge is 0.434 e. The third-order valence-electron chi connectivity index (χ3n) is 3.33. The van der Waals surface area contributed by atoms with Gasteiger partial charge in [-0.2, -0.15) is 39.5 Å². The molecule has 0 aromatic carbocycles. The van der Waals surface area contributed by atoms with E-state index >= 15 is 0 Å². The minimum Gasteiger partial charge on any atom is -0.450 e. The second-order valence-corrected chi connectivity index (χ2v) is 5.86. The Bertz CT molecular complexity index is 623. The third-order valence-corrected chi connectivity index (χ3v) is 3.33. The van der Waals surface area contributed by atoms with Crippen molar-refractivity contribution in [1.29, 1.82) is 0 Å². The number of hydrogen-bond acceptors (Lipinski definition) is 6. The summed E-state index contributed by atoms with van der Waals surface area (Å²) in [6.07, 6.45) is -29.9. The molecular weight excluding hydrogens is 454 g/mol. The molecule has 0 amide bonds. The highest BCUT2D eigenvalue weighted by atomic mass is 19.4. The highest BCUT2D eigenvalue weighted by molar-refractivity contribution is 6.00. The van der Waals surface area contributed by atoms with Crippen LogP contribution in [0.5, 0.6) is 0 Å². The molecule has 0 N–H and O–H groups in total. The van der Waals surface area contributed by atoms with Gasteiger partial charge in [-0.15, -0.1) is 0 Å². The Labute approximate surface area is 161 Å². The minimum atomic E-state index is -6.26. The van der Waals surface area contributed by atoms with Gasteiger partial charge in [0.25, 0.3) is 12.2 Å². The second kappa shape index (κ2) is 9.24. The van der Waals surface area contributed by atoms with Gasteiger partial charge in [0.05, 0.1) is 0 Å². The summed E-state index contributed by atoms with van der Waals surface area (Å²) in [4.78, 5) is 35.0. The van der Waals surface area contributed by atoms with E-state index in [0.29, 0.717) is 6.92 Å². The summed E-state index contributed by atoms with van der Waals surface area (Å²) < 4.78 is 137. The second-order valence-electron chi connectivity index (χ2n) is 5.86. The van der Waals surface area contributed by atoms with Crippen LogP contribution in [0.15, 0.2) is 0 Å². The highest BCUT2D eigenvalue weighted by Gasteiger charge is 2.61. The molecular formula is C14H14F10O6. The number of rotatable bonds is 7. The predicted molar refractivity (Wildman–Crippen MR) is 73.3 cm³/mol. The molecule has 30 heavy (non-hydrogen) atoms. The van der Waals surface area contributed by atoms with Gasteiger partial charge < -0.3 is 14.2 Å². The molecule has 0 bridgehead atoms. The molecule has 0 aliphatic heterocycles. The van der Waals surface area contributed by atoms with Crippen molar-refractivity contribution < 1.29 is 72.5 Å². The van der Waals surface area contributed by atoms with Crippen molar-refractivity contribution >= 4 is 17.9 Å². The monoisotopic (exact) mass is 468 g/mol. The van der Waals surface area contributed by atoms with Gasteiger partial charge in [-0.3, -0.25) is 0 Å². The Hall–Kier alpha value is -2.29. The van der Waals surface area contributed by atoms with Crippen LogP contribution in [0.25, 0.3) is 0 Å². The first-order chi connectivity index (χ1) is 13.1. The molecule has 0 aliphatic rings. The first kappa shape index (κ1) is 27.7. The summed E-state index contributed by atoms with van der Waals surface area (Å²) in [5.74, 6) is -7.57. The van der Waals surface area contributed by atoms with Crippen molar-refractivity contribution in [2.45, 2.75) is 69.7 Å². The normalized spacial score (nSPS) is 17.0. The Balaban J connectivity index is 5.89. The lowest BCUT2D eigenvalue weighted by Crippen LogP contribution is -2.50. The van der Waals surface area contributed by atoms with E-state index in [1.165, 1.54) is 0 Å². The maximum Gasteiger partial charge on any atom is 0.434 e. The van der Waals surface area contributed by atoms with Crippen LogP contribution in [0.1, 0.15) is 27.2 Å². The molecule has 3 atom stereocenters. The molecule has 0 fully saturated rings. The maximum absolute atomic E-state index is 13.9. The molecule has 176 valence electrons. The number of hydrogen-bond donors (Lipinski definition) is 0. The lowest BCUT2D eigenvalue weighted by molar-refractivity contribution is -0.315. The molecule has 6 nitrogen and oxygen atoms in total. The zero-order valence-corrected chi connectivity index (χ0v) is 15.2. The lowest BCUT2D eigenvalue weighted by atomic mass is 10.1. The SMILES string of the molecule is CCC(C)(F)C(=O)OC(C(=O)OC(C)C(F)(F)F)C(=O)OC(C(F)(F)F)C(F)(F)F. The zero-order chi connectivity index (χ0) is 24.3. The molecule has 0 aromatic heterocycles. The topological polar surface area (TPSA) is 78.9 Å². The average molecular weight is 468 g/mol. The predicted octanol–water partition coefficient (Wildman–Crippen LogP) is 3.57. The molecule has 0 radical (unpaired) electrons. The van der Waals surface area contributed by atoms with E-state index in [0.717, 1.165) is 6.92 Å². The molecule has 0 aromatic rings. The number of alkyl halides is 10. The average Bonchev–Trinajstić information content (AvgIpc) is 2.53. The van der Waals surface area contributed by atoms with Crippen LogP contribution < -0.4 is 0 Å². The van der Waals surface area contributed by atoms with E-state index in [4.69, 9.17) is 0 Å². The Morgan fingerprint density at radius 1 is 0.733 bits per heavy atom. The summed E-state index contributed by atoms with van der Waals surface area (Å²) in [6, 6.07) is 0. The number of halogens is 10. The summed E-state index contributed by atoms with van der Waals surface area (Å²) >= 11 is 0. The number of ether oxygens (including phenoxy) is 3. The van der Waals surface area contributed by atoms with Crippen molar-refractivity contribution in [2.24, 2.45) is 0 Å². The van der Waals surface area contributed by atoms with Crippen molar-refractivity contribution in [2.75, 3.05) is 0 Å². The summed E-state index contributed by atoms with van der Waals surface area (Å²) in [5, 5.41) is 0. The van der Waals surface area contributed by atoms with Crippen LogP contribution >= 0.6 is 0 Å². The Kier molecular flexibility index (Phi) is 8.54. The largest absolute Gasteiger partial charge is 0.450 e. The van der Waals surface area contributed by atoms with Gasteiger partial charge in [0, 0.05) is 0 Å². The van der Waals surface area contributed by atoms with Crippen LogP contribution in [0, 0.1) is 0 Å². The molecule has 0 saturated carbocycles. The fraction of sp³-hybridized carbons (Fsp3) is 0.786. The third kappa shape index (κ3) is 7.85. The first-order valence-corrected chi connectivity index (χ1v) is 7.65. The van der Waals surface area contributed by atoms with Gasteiger partial charge in [-0.1, -0.05) is 6.92 Å². The minimum absolute atomic E-state index is 0.182. The maximum atomic E-state index is 13.9. The van der Waals surface area contributed by atoms with E-state index < -0.39 is 66.8 Å². The summed E-state index contributed by atoms with van der Waals surface area (Å²) in [7, 11) is 0. The van der Waals surface area contributed by atoms with Gasteiger partial charge in [-0.25, -0.2) is 18.8 Å². The van der Waals surface area contributed by atoms with Crippen LogP contribution in [0.4, 0.5) is 43.9 Å². The van der Waals surface area contributed by atoms with E-state index in [1.807, 2.05) is 0 Å². The van der Waals surface area contributed by atoms with Crippen molar-refractivity contribution in [3.05, 3.63) is 0 Å². The number of carbonyl (C=O) groups excluding carboxylic acids is 3. The molecule has 3 unspecified atom stereocenters. The number of carbonyl (C=O) groups is 3. The molecule has 0 aliphatic carbocycles. The molecule has 0 heterocycles. The molecule has 0 spiro atoms. The van der Waals surface area contributed by atoms with E-state index in [2.05, 4.69) is 14.2 Å². The fourth-order valence-electron chi connectivity index (χ4n) is 1.37. The lowest BCUT2D eigenvalue weighted by Gasteiger charge is -2.26. The van der Waals surface area contributed by atoms with Crippen LogP contribution in [0.2, 0.25) is 0 Å². The Morgan fingerprint density at radius 2 is 1.13 bits per heavy atom. The summed E-state index contributed by atoms with van der Waals surface area (Å²) in [5.41, 5.74) is -3.01. The fourth-order valence-corrected chi connectivity index (χ4v) is 1.37. The first-order valence-electron chi connectivity index (χ1n) is 7.65. The van der Waals surface area contributed by atoms with Gasteiger partial charge in [-0.05, 0) is 20.3 Å². The van der Waals surface area contributed by atoms with Gasteiger partial charge in [0.1, 0.15) is 0 Å². The standard InChI is InChI=1S/C14H14F10O6/c1-4-11(3,15)10(27)29-6(7(25)28-5(2)12(16,17)18)8(26)30-9(13(19,20)21)14(22,23)24/h5-6,9H,4H2,1-3H3. The van der Waals surface area contributed by atoms with E-state index in [1.54, 1.807) is 0 Å². The van der Waals surface area contributed by atoms with Gasteiger partial charge >= 0.3 is 36.4 Å². The zero-order valence-electron chi connectivity index (χ0n) is 15.2. The van der Waals surface area contributed by atoms with Crippen LogP contribution in [-0.2, 0) is 28.6 Å². The van der Waals surface area contributed by atoms with E-state index in [-0.39, 0.29) is 6.92 Å². The molecule has 0 saturated heterocycles. The molecule has 0 rings (SSSR count). The van der Waals surface area contributed by atoms with Crippen molar-refractivity contribution in [3.8, 4) is 0 Å². The Morgan fingerprint density at radius 3 is 1.47 bits per heavy atom. The quantitative estimate of drug-likeness (QED) is 0.246. The number of esters is 3. The van der Waals surface area contributed by atoms with Crippen LogP contribution in [0.3, 0.4) is 0 Å². The van der Waals surface area contributed by atoms with E-state index in [9.17, 15) is 58.3 Å². The summed E-state index contributed by atoms with van der Waals surface area (Å²) in [6.45, 7) is 1.69. The van der Waals surface area contributed by atoms with Gasteiger partial charge in [0.2, 0.25) is 5.67 Å².